The third-order valence-electron chi connectivity index (χ3n) is 5.02. The van der Waals surface area contributed by atoms with E-state index in [2.05, 4.69) is 14.7 Å². The second kappa shape index (κ2) is 7.43. The van der Waals surface area contributed by atoms with Gasteiger partial charge < -0.3 is 14.4 Å². The number of hydrogen-bond acceptors (Lipinski definition) is 6. The van der Waals surface area contributed by atoms with Crippen LogP contribution in [0.2, 0.25) is 0 Å². The third kappa shape index (κ3) is 3.56. The summed E-state index contributed by atoms with van der Waals surface area (Å²) < 4.78 is 15.8. The molecule has 2 aromatic rings. The van der Waals surface area contributed by atoms with Crippen LogP contribution >= 0.6 is 0 Å². The highest BCUT2D eigenvalue weighted by Gasteiger charge is 2.30. The highest BCUT2D eigenvalue weighted by Crippen LogP contribution is 2.26. The van der Waals surface area contributed by atoms with Crippen LogP contribution < -0.4 is 5.76 Å². The second-order valence-corrected chi connectivity index (χ2v) is 6.64. The molecule has 1 aromatic carbocycles. The summed E-state index contributed by atoms with van der Waals surface area (Å²) in [4.78, 5) is 28.3. The predicted molar refractivity (Wildman–Crippen MR) is 91.7 cm³/mol. The van der Waals surface area contributed by atoms with Gasteiger partial charge in [-0.1, -0.05) is 17.3 Å². The molecule has 138 valence electrons. The number of carbonyl (C=O) groups is 1. The predicted octanol–water partition coefficient (Wildman–Crippen LogP) is 1.30. The Morgan fingerprint density at radius 1 is 1.23 bits per heavy atom. The van der Waals surface area contributed by atoms with Crippen LogP contribution in [0.3, 0.4) is 0 Å². The Balaban J connectivity index is 1.41. The molecule has 0 saturated carbocycles. The monoisotopic (exact) mass is 359 g/mol. The van der Waals surface area contributed by atoms with Crippen molar-refractivity contribution in [2.75, 3.05) is 32.9 Å². The van der Waals surface area contributed by atoms with Gasteiger partial charge in [-0.15, -0.1) is 0 Å². The van der Waals surface area contributed by atoms with Crippen molar-refractivity contribution in [3.63, 3.8) is 0 Å². The first-order chi connectivity index (χ1) is 12.7. The highest BCUT2D eigenvalue weighted by atomic mass is 16.6. The van der Waals surface area contributed by atoms with Gasteiger partial charge in [0.1, 0.15) is 0 Å². The van der Waals surface area contributed by atoms with Crippen molar-refractivity contribution in [3.05, 3.63) is 40.4 Å². The lowest BCUT2D eigenvalue weighted by atomic mass is 9.91. The van der Waals surface area contributed by atoms with Crippen LogP contribution in [0.4, 0.5) is 0 Å². The van der Waals surface area contributed by atoms with Crippen molar-refractivity contribution in [2.45, 2.75) is 18.9 Å². The molecule has 26 heavy (non-hydrogen) atoms. The first-order valence-corrected chi connectivity index (χ1v) is 8.86. The Hall–Kier alpha value is -2.45. The molecule has 2 saturated heterocycles. The molecule has 2 aliphatic heterocycles. The van der Waals surface area contributed by atoms with Gasteiger partial charge in [0.05, 0.1) is 25.9 Å². The molecule has 1 aromatic heterocycles. The third-order valence-corrected chi connectivity index (χ3v) is 5.02. The van der Waals surface area contributed by atoms with E-state index in [1.165, 1.54) is 0 Å². The average molecular weight is 359 g/mol. The highest BCUT2D eigenvalue weighted by molar-refractivity contribution is 5.95. The summed E-state index contributed by atoms with van der Waals surface area (Å²) in [5.74, 6) is 0.119. The number of hydrogen-bond donors (Lipinski definition) is 1. The molecular weight excluding hydrogens is 338 g/mol. The summed E-state index contributed by atoms with van der Waals surface area (Å²) in [5.41, 5.74) is 1.21. The first-order valence-electron chi connectivity index (χ1n) is 8.86. The van der Waals surface area contributed by atoms with E-state index in [-0.39, 0.29) is 12.0 Å². The van der Waals surface area contributed by atoms with Gasteiger partial charge in [-0.25, -0.2) is 4.79 Å². The summed E-state index contributed by atoms with van der Waals surface area (Å²) >= 11 is 0. The van der Waals surface area contributed by atoms with E-state index < -0.39 is 5.76 Å². The number of likely N-dealkylation sites (tertiary alicyclic amines) is 1. The minimum Gasteiger partial charge on any atom is -0.376 e. The van der Waals surface area contributed by atoms with Crippen molar-refractivity contribution >= 4 is 5.91 Å². The van der Waals surface area contributed by atoms with Crippen molar-refractivity contribution < 1.29 is 18.8 Å². The van der Waals surface area contributed by atoms with E-state index >= 15 is 0 Å². The molecular formula is C18H21N3O5. The van der Waals surface area contributed by atoms with Gasteiger partial charge in [-0.05, 0) is 30.9 Å². The smallest absolute Gasteiger partial charge is 0.376 e. The SMILES string of the molecule is O=C(c1cccc(-c2noc(=O)[nH]2)c1)N1CCC(C2COCCO2)CC1. The van der Waals surface area contributed by atoms with Crippen LogP contribution in [0.1, 0.15) is 23.2 Å². The van der Waals surface area contributed by atoms with Crippen molar-refractivity contribution in [2.24, 2.45) is 5.92 Å². The molecule has 3 heterocycles. The number of H-pyrrole nitrogens is 1. The van der Waals surface area contributed by atoms with Gasteiger partial charge in [0, 0.05) is 24.2 Å². The Bertz CT molecular complexity index is 816. The van der Waals surface area contributed by atoms with E-state index in [4.69, 9.17) is 9.47 Å². The van der Waals surface area contributed by atoms with Gasteiger partial charge in [-0.3, -0.25) is 14.3 Å². The van der Waals surface area contributed by atoms with Crippen LogP contribution in [-0.4, -0.2) is 60.0 Å². The number of rotatable bonds is 3. The lowest BCUT2D eigenvalue weighted by molar-refractivity contribution is -0.117. The molecule has 1 N–H and O–H groups in total. The minimum absolute atomic E-state index is 0.0167. The molecule has 1 unspecified atom stereocenters. The summed E-state index contributed by atoms with van der Waals surface area (Å²) in [6, 6.07) is 7.04. The molecule has 2 aliphatic rings. The first kappa shape index (κ1) is 17.0. The number of aromatic nitrogens is 2. The molecule has 0 aliphatic carbocycles. The summed E-state index contributed by atoms with van der Waals surface area (Å²) in [6.07, 6.45) is 1.97. The van der Waals surface area contributed by atoms with Gasteiger partial charge in [0.2, 0.25) is 0 Å². The number of aromatic amines is 1. The van der Waals surface area contributed by atoms with Gasteiger partial charge in [0.15, 0.2) is 5.82 Å². The zero-order valence-electron chi connectivity index (χ0n) is 14.3. The van der Waals surface area contributed by atoms with E-state index in [1.54, 1.807) is 24.3 Å². The van der Waals surface area contributed by atoms with Gasteiger partial charge >= 0.3 is 5.76 Å². The number of carbonyl (C=O) groups excluding carboxylic acids is 1. The largest absolute Gasteiger partial charge is 0.439 e. The molecule has 0 spiro atoms. The molecule has 8 heteroatoms. The fourth-order valence-corrected chi connectivity index (χ4v) is 3.59. The molecule has 0 radical (unpaired) electrons. The number of ether oxygens (including phenoxy) is 2. The Morgan fingerprint density at radius 2 is 2.08 bits per heavy atom. The Labute approximate surface area is 150 Å². The van der Waals surface area contributed by atoms with Crippen molar-refractivity contribution in [1.82, 2.24) is 15.0 Å². The van der Waals surface area contributed by atoms with Crippen molar-refractivity contribution in [3.8, 4) is 11.4 Å². The summed E-state index contributed by atoms with van der Waals surface area (Å²) in [5, 5.41) is 3.67. The normalized spacial score (nSPS) is 21.7. The molecule has 2 fully saturated rings. The maximum atomic E-state index is 12.8. The van der Waals surface area contributed by atoms with Crippen LogP contribution in [0, 0.1) is 5.92 Å². The molecule has 4 rings (SSSR count). The molecule has 1 atom stereocenters. The van der Waals surface area contributed by atoms with Crippen LogP contribution in [0.15, 0.2) is 33.6 Å². The summed E-state index contributed by atoms with van der Waals surface area (Å²) in [7, 11) is 0. The fraction of sp³-hybridized carbons (Fsp3) is 0.500. The van der Waals surface area contributed by atoms with E-state index in [0.717, 1.165) is 12.8 Å². The number of amides is 1. The quantitative estimate of drug-likeness (QED) is 0.887. The fourth-order valence-electron chi connectivity index (χ4n) is 3.59. The number of benzene rings is 1. The second-order valence-electron chi connectivity index (χ2n) is 6.64. The Morgan fingerprint density at radius 3 is 2.77 bits per heavy atom. The molecule has 1 amide bonds. The van der Waals surface area contributed by atoms with Crippen molar-refractivity contribution in [1.29, 1.82) is 0 Å². The summed E-state index contributed by atoms with van der Waals surface area (Å²) in [6.45, 7) is 3.38. The topological polar surface area (TPSA) is 97.7 Å². The van der Waals surface area contributed by atoms with E-state index in [9.17, 15) is 9.59 Å². The number of nitrogens with zero attached hydrogens (tertiary/aromatic N) is 2. The number of piperidine rings is 1. The molecule has 0 bridgehead atoms. The maximum Gasteiger partial charge on any atom is 0.439 e. The van der Waals surface area contributed by atoms with Crippen LogP contribution in [0.25, 0.3) is 11.4 Å². The average Bonchev–Trinajstić information content (AvgIpc) is 3.15. The lowest BCUT2D eigenvalue weighted by Crippen LogP contribution is -2.44. The Kier molecular flexibility index (Phi) is 4.85. The zero-order chi connectivity index (χ0) is 17.9. The van der Waals surface area contributed by atoms with E-state index in [1.807, 2.05) is 4.90 Å². The van der Waals surface area contributed by atoms with E-state index in [0.29, 0.717) is 55.8 Å². The van der Waals surface area contributed by atoms with Gasteiger partial charge in [0.25, 0.3) is 5.91 Å². The lowest BCUT2D eigenvalue weighted by Gasteiger charge is -2.37. The van der Waals surface area contributed by atoms with Crippen LogP contribution in [0.5, 0.6) is 0 Å². The van der Waals surface area contributed by atoms with Gasteiger partial charge in [-0.2, -0.15) is 0 Å². The zero-order valence-corrected chi connectivity index (χ0v) is 14.3. The maximum absolute atomic E-state index is 12.8. The molecule has 8 nitrogen and oxygen atoms in total. The number of nitrogens with one attached hydrogen (secondary N) is 1. The standard InChI is InChI=1S/C18H21N3O5/c22-17(14-3-1-2-13(10-14)16-19-18(23)26-20-16)21-6-4-12(5-7-21)15-11-24-8-9-25-15/h1-3,10,12,15H,4-9,11H2,(H,19,20,23). The van der Waals surface area contributed by atoms with Crippen LogP contribution in [-0.2, 0) is 9.47 Å². The minimum atomic E-state index is -0.618.